The minimum Gasteiger partial charge on any atom is -0.327 e. The number of benzene rings is 1. The van der Waals surface area contributed by atoms with Crippen molar-refractivity contribution in [3.8, 4) is 0 Å². The predicted molar refractivity (Wildman–Crippen MR) is 66.2 cm³/mol. The summed E-state index contributed by atoms with van der Waals surface area (Å²) in [4.78, 5) is 0.395. The zero-order chi connectivity index (χ0) is 12.3. The Kier molecular flexibility index (Phi) is 4.10. The third-order valence-electron chi connectivity index (χ3n) is 2.92. The molecule has 0 amide bonds. The maximum absolute atomic E-state index is 11.6. The van der Waals surface area contributed by atoms with Crippen LogP contribution in [0.15, 0.2) is 29.2 Å². The summed E-state index contributed by atoms with van der Waals surface area (Å²) in [7, 11) is -3.18. The molecule has 90 valence electrons. The third kappa shape index (κ3) is 2.83. The number of sulfone groups is 1. The van der Waals surface area contributed by atoms with E-state index in [1.54, 1.807) is 12.1 Å². The first kappa shape index (κ1) is 13.2. The molecule has 0 aliphatic carbocycles. The van der Waals surface area contributed by atoms with E-state index in [1.165, 1.54) is 6.26 Å². The molecule has 0 fully saturated rings. The molecule has 1 rings (SSSR count). The second-order valence-corrected chi connectivity index (χ2v) is 6.15. The first-order chi connectivity index (χ1) is 7.38. The highest BCUT2D eigenvalue weighted by molar-refractivity contribution is 7.90. The monoisotopic (exact) mass is 241 g/mol. The Labute approximate surface area is 97.6 Å². The molecule has 0 bridgehead atoms. The summed E-state index contributed by atoms with van der Waals surface area (Å²) in [6.07, 6.45) is 2.06. The number of hydrogen-bond acceptors (Lipinski definition) is 3. The molecule has 2 N–H and O–H groups in total. The summed E-state index contributed by atoms with van der Waals surface area (Å²) in [5.41, 5.74) is 6.78. The highest BCUT2D eigenvalue weighted by atomic mass is 32.2. The Balaban J connectivity index is 3.24. The lowest BCUT2D eigenvalue weighted by Gasteiger charge is -2.20. The topological polar surface area (TPSA) is 60.2 Å². The fourth-order valence-electron chi connectivity index (χ4n) is 1.78. The predicted octanol–water partition coefficient (Wildman–Crippen LogP) is 1.93. The Morgan fingerprint density at radius 1 is 1.31 bits per heavy atom. The largest absolute Gasteiger partial charge is 0.327 e. The van der Waals surface area contributed by atoms with Crippen LogP contribution in [0.4, 0.5) is 0 Å². The second kappa shape index (κ2) is 4.97. The standard InChI is InChI=1S/C12H19NO2S/c1-4-11(13)9(2)10-7-5-6-8-12(10)16(3,14)15/h5-9,11H,4,13H2,1-3H3. The minimum atomic E-state index is -3.18. The molecule has 0 radical (unpaired) electrons. The third-order valence-corrected chi connectivity index (χ3v) is 4.09. The summed E-state index contributed by atoms with van der Waals surface area (Å²) >= 11 is 0. The molecule has 3 nitrogen and oxygen atoms in total. The lowest BCUT2D eigenvalue weighted by Crippen LogP contribution is -2.26. The van der Waals surface area contributed by atoms with Crippen molar-refractivity contribution in [2.45, 2.75) is 37.1 Å². The average molecular weight is 241 g/mol. The molecule has 0 heterocycles. The van der Waals surface area contributed by atoms with Crippen LogP contribution in [0.3, 0.4) is 0 Å². The summed E-state index contributed by atoms with van der Waals surface area (Å²) in [5, 5.41) is 0. The Bertz CT molecular complexity index is 454. The van der Waals surface area contributed by atoms with Crippen molar-refractivity contribution in [3.05, 3.63) is 29.8 Å². The molecule has 0 aromatic heterocycles. The summed E-state index contributed by atoms with van der Waals surface area (Å²) in [6.45, 7) is 3.97. The Hall–Kier alpha value is -0.870. The molecule has 0 spiro atoms. The number of nitrogens with two attached hydrogens (primary N) is 1. The first-order valence-electron chi connectivity index (χ1n) is 5.42. The van der Waals surface area contributed by atoms with E-state index >= 15 is 0 Å². The van der Waals surface area contributed by atoms with Crippen LogP contribution in [-0.2, 0) is 9.84 Å². The zero-order valence-electron chi connectivity index (χ0n) is 9.97. The van der Waals surface area contributed by atoms with Crippen molar-refractivity contribution in [2.75, 3.05) is 6.26 Å². The van der Waals surface area contributed by atoms with Crippen LogP contribution in [0.5, 0.6) is 0 Å². The van der Waals surface area contributed by atoms with Crippen molar-refractivity contribution in [2.24, 2.45) is 5.73 Å². The Morgan fingerprint density at radius 3 is 2.38 bits per heavy atom. The van der Waals surface area contributed by atoms with Gasteiger partial charge in [0.2, 0.25) is 0 Å². The normalized spacial score (nSPS) is 15.8. The molecule has 4 heteroatoms. The van der Waals surface area contributed by atoms with Gasteiger partial charge in [-0.15, -0.1) is 0 Å². The van der Waals surface area contributed by atoms with Gasteiger partial charge >= 0.3 is 0 Å². The van der Waals surface area contributed by atoms with Crippen molar-refractivity contribution < 1.29 is 8.42 Å². The fourth-order valence-corrected chi connectivity index (χ4v) is 2.79. The highest BCUT2D eigenvalue weighted by Crippen LogP contribution is 2.26. The maximum Gasteiger partial charge on any atom is 0.175 e. The van der Waals surface area contributed by atoms with Gasteiger partial charge in [-0.1, -0.05) is 32.0 Å². The van der Waals surface area contributed by atoms with E-state index in [9.17, 15) is 8.42 Å². The zero-order valence-corrected chi connectivity index (χ0v) is 10.8. The molecule has 2 atom stereocenters. The van der Waals surface area contributed by atoms with Gasteiger partial charge in [-0.25, -0.2) is 8.42 Å². The van der Waals surface area contributed by atoms with E-state index in [4.69, 9.17) is 5.73 Å². The smallest absolute Gasteiger partial charge is 0.175 e. The summed E-state index contributed by atoms with van der Waals surface area (Å²) in [5.74, 6) is 0.0518. The van der Waals surface area contributed by atoms with Gasteiger partial charge in [-0.2, -0.15) is 0 Å². The van der Waals surface area contributed by atoms with Crippen molar-refractivity contribution >= 4 is 9.84 Å². The molecule has 0 saturated heterocycles. The first-order valence-corrected chi connectivity index (χ1v) is 7.31. The fraction of sp³-hybridized carbons (Fsp3) is 0.500. The SMILES string of the molecule is CCC(N)C(C)c1ccccc1S(C)(=O)=O. The van der Waals surface area contributed by atoms with E-state index in [0.717, 1.165) is 12.0 Å². The number of rotatable bonds is 4. The van der Waals surface area contributed by atoms with Gasteiger partial charge in [-0.05, 0) is 24.0 Å². The molecule has 0 saturated carbocycles. The van der Waals surface area contributed by atoms with Gasteiger partial charge in [0.05, 0.1) is 4.90 Å². The highest BCUT2D eigenvalue weighted by Gasteiger charge is 2.20. The lowest BCUT2D eigenvalue weighted by molar-refractivity contribution is 0.541. The molecule has 0 aliphatic heterocycles. The molecule has 0 aliphatic rings. The van der Waals surface area contributed by atoms with Crippen LogP contribution >= 0.6 is 0 Å². The van der Waals surface area contributed by atoms with Crippen LogP contribution in [0.2, 0.25) is 0 Å². The van der Waals surface area contributed by atoms with Gasteiger partial charge in [-0.3, -0.25) is 0 Å². The molecular formula is C12H19NO2S. The second-order valence-electron chi connectivity index (χ2n) is 4.17. The summed E-state index contributed by atoms with van der Waals surface area (Å²) in [6, 6.07) is 7.07. The van der Waals surface area contributed by atoms with Crippen LogP contribution < -0.4 is 5.73 Å². The van der Waals surface area contributed by atoms with Gasteiger partial charge < -0.3 is 5.73 Å². The molecule has 1 aromatic carbocycles. The van der Waals surface area contributed by atoms with Crippen LogP contribution in [0, 0.1) is 0 Å². The molecule has 1 aromatic rings. The van der Waals surface area contributed by atoms with Crippen molar-refractivity contribution in [1.82, 2.24) is 0 Å². The van der Waals surface area contributed by atoms with E-state index < -0.39 is 9.84 Å². The van der Waals surface area contributed by atoms with Crippen LogP contribution in [0.1, 0.15) is 31.7 Å². The lowest BCUT2D eigenvalue weighted by atomic mass is 9.92. The van der Waals surface area contributed by atoms with E-state index in [0.29, 0.717) is 4.90 Å². The Morgan fingerprint density at radius 2 is 1.88 bits per heavy atom. The van der Waals surface area contributed by atoms with Gasteiger partial charge in [0, 0.05) is 12.3 Å². The van der Waals surface area contributed by atoms with Crippen LogP contribution in [0.25, 0.3) is 0 Å². The maximum atomic E-state index is 11.6. The van der Waals surface area contributed by atoms with E-state index in [2.05, 4.69) is 0 Å². The minimum absolute atomic E-state index is 0.0112. The average Bonchev–Trinajstić information content (AvgIpc) is 2.26. The van der Waals surface area contributed by atoms with Gasteiger partial charge in [0.15, 0.2) is 9.84 Å². The van der Waals surface area contributed by atoms with E-state index in [1.807, 2.05) is 26.0 Å². The van der Waals surface area contributed by atoms with Crippen molar-refractivity contribution in [1.29, 1.82) is 0 Å². The van der Waals surface area contributed by atoms with Crippen molar-refractivity contribution in [3.63, 3.8) is 0 Å². The quantitative estimate of drug-likeness (QED) is 0.876. The molecular weight excluding hydrogens is 222 g/mol. The molecule has 2 unspecified atom stereocenters. The van der Waals surface area contributed by atoms with Gasteiger partial charge in [0.25, 0.3) is 0 Å². The van der Waals surface area contributed by atoms with Gasteiger partial charge in [0.1, 0.15) is 0 Å². The number of hydrogen-bond donors (Lipinski definition) is 1. The summed E-state index contributed by atoms with van der Waals surface area (Å²) < 4.78 is 23.3. The van der Waals surface area contributed by atoms with E-state index in [-0.39, 0.29) is 12.0 Å². The van der Waals surface area contributed by atoms with Crippen LogP contribution in [-0.4, -0.2) is 20.7 Å². The molecule has 16 heavy (non-hydrogen) atoms.